The molecular formula is C28H34N2O4S2. The van der Waals surface area contributed by atoms with Gasteiger partial charge in [0.05, 0.1) is 9.88 Å². The zero-order chi connectivity index (χ0) is 26.5. The predicted octanol–water partition coefficient (Wildman–Crippen LogP) is 6.09. The highest BCUT2D eigenvalue weighted by atomic mass is 32.2. The Labute approximate surface area is 221 Å². The van der Waals surface area contributed by atoms with Crippen molar-refractivity contribution >= 4 is 35.0 Å². The van der Waals surface area contributed by atoms with E-state index >= 15 is 0 Å². The Morgan fingerprint density at radius 3 is 2.47 bits per heavy atom. The van der Waals surface area contributed by atoms with Crippen LogP contribution in [-0.2, 0) is 14.9 Å². The average Bonchev–Trinajstić information content (AvgIpc) is 3.33. The molecule has 0 fully saturated rings. The minimum Gasteiger partial charge on any atom is -0.480 e. The van der Waals surface area contributed by atoms with Crippen LogP contribution in [0.5, 0.6) is 0 Å². The van der Waals surface area contributed by atoms with Gasteiger partial charge >= 0.3 is 5.97 Å². The lowest BCUT2D eigenvalue weighted by atomic mass is 9.92. The van der Waals surface area contributed by atoms with Gasteiger partial charge in [-0.3, -0.25) is 4.79 Å². The maximum absolute atomic E-state index is 13.3. The van der Waals surface area contributed by atoms with Gasteiger partial charge in [0.25, 0.3) is 5.91 Å². The SMILES string of the molecule is COC(c1ccc(C(=O)NC(CCSC)C(=O)O)c(-c2ccccc2C)c1)c1cnc(C(C)(C)C)s1. The molecule has 36 heavy (non-hydrogen) atoms. The summed E-state index contributed by atoms with van der Waals surface area (Å²) in [5, 5.41) is 13.4. The monoisotopic (exact) mass is 526 g/mol. The van der Waals surface area contributed by atoms with Gasteiger partial charge < -0.3 is 15.2 Å². The molecule has 1 aromatic heterocycles. The summed E-state index contributed by atoms with van der Waals surface area (Å²) in [6, 6.07) is 12.5. The summed E-state index contributed by atoms with van der Waals surface area (Å²) in [7, 11) is 1.67. The molecule has 0 aliphatic heterocycles. The molecule has 2 unspecified atom stereocenters. The van der Waals surface area contributed by atoms with Crippen molar-refractivity contribution in [1.29, 1.82) is 0 Å². The van der Waals surface area contributed by atoms with E-state index in [9.17, 15) is 14.7 Å². The molecule has 2 N–H and O–H groups in total. The largest absolute Gasteiger partial charge is 0.480 e. The van der Waals surface area contributed by atoms with Gasteiger partial charge in [-0.05, 0) is 59.7 Å². The minimum atomic E-state index is -1.04. The van der Waals surface area contributed by atoms with Gasteiger partial charge in [0, 0.05) is 24.3 Å². The summed E-state index contributed by atoms with van der Waals surface area (Å²) < 4.78 is 5.90. The van der Waals surface area contributed by atoms with Crippen molar-refractivity contribution < 1.29 is 19.4 Å². The Kier molecular flexibility index (Phi) is 9.33. The third-order valence-electron chi connectivity index (χ3n) is 5.90. The second kappa shape index (κ2) is 12.0. The number of amides is 1. The summed E-state index contributed by atoms with van der Waals surface area (Å²) >= 11 is 3.17. The van der Waals surface area contributed by atoms with Crippen LogP contribution in [0.1, 0.15) is 64.7 Å². The van der Waals surface area contributed by atoms with Crippen LogP contribution in [0.4, 0.5) is 0 Å². The lowest BCUT2D eigenvalue weighted by Gasteiger charge is -2.20. The van der Waals surface area contributed by atoms with Gasteiger partial charge in [-0.2, -0.15) is 11.8 Å². The Bertz CT molecular complexity index is 1220. The number of methoxy groups -OCH3 is 1. The molecule has 0 aliphatic carbocycles. The van der Waals surface area contributed by atoms with Crippen molar-refractivity contribution in [2.75, 3.05) is 19.1 Å². The molecule has 1 amide bonds. The fraction of sp³-hybridized carbons (Fsp3) is 0.393. The molecule has 0 aliphatic rings. The van der Waals surface area contributed by atoms with E-state index in [0.29, 0.717) is 17.7 Å². The number of carboxylic acids is 1. The average molecular weight is 527 g/mol. The van der Waals surface area contributed by atoms with E-state index in [4.69, 9.17) is 4.74 Å². The molecule has 0 spiro atoms. The van der Waals surface area contributed by atoms with Crippen molar-refractivity contribution in [2.24, 2.45) is 0 Å². The van der Waals surface area contributed by atoms with Crippen LogP contribution in [0.3, 0.4) is 0 Å². The molecule has 2 aromatic carbocycles. The van der Waals surface area contributed by atoms with Gasteiger partial charge in [0.2, 0.25) is 0 Å². The number of nitrogens with zero attached hydrogens (tertiary/aromatic N) is 1. The predicted molar refractivity (Wildman–Crippen MR) is 148 cm³/mol. The number of ether oxygens (including phenoxy) is 1. The zero-order valence-electron chi connectivity index (χ0n) is 21.6. The van der Waals surface area contributed by atoms with E-state index in [2.05, 4.69) is 31.1 Å². The number of carbonyl (C=O) groups is 2. The number of aryl methyl sites for hydroxylation is 1. The normalized spacial score (nSPS) is 13.3. The van der Waals surface area contributed by atoms with Crippen LogP contribution in [0, 0.1) is 6.92 Å². The highest BCUT2D eigenvalue weighted by Gasteiger charge is 2.26. The Morgan fingerprint density at radius 1 is 1.17 bits per heavy atom. The molecule has 2 atom stereocenters. The van der Waals surface area contributed by atoms with Crippen LogP contribution in [0.25, 0.3) is 11.1 Å². The molecule has 192 valence electrons. The molecule has 6 nitrogen and oxygen atoms in total. The lowest BCUT2D eigenvalue weighted by molar-refractivity contribution is -0.139. The maximum atomic E-state index is 13.3. The Balaban J connectivity index is 2.06. The van der Waals surface area contributed by atoms with Gasteiger partial charge in [0.15, 0.2) is 0 Å². The highest BCUT2D eigenvalue weighted by molar-refractivity contribution is 7.98. The van der Waals surface area contributed by atoms with Crippen LogP contribution >= 0.6 is 23.1 Å². The number of rotatable bonds is 10. The van der Waals surface area contributed by atoms with Crippen molar-refractivity contribution in [3.63, 3.8) is 0 Å². The standard InChI is InChI=1S/C28H34N2O4S2/c1-17-9-7-8-10-19(17)21-15-18(24(34-5)23-16-29-27(36-23)28(2,3)4)11-12-20(21)25(31)30-22(26(32)33)13-14-35-6/h7-12,15-16,22,24H,13-14H2,1-6H3,(H,30,31)(H,32,33). The molecule has 3 rings (SSSR count). The van der Waals surface area contributed by atoms with Crippen LogP contribution in [0.15, 0.2) is 48.7 Å². The highest BCUT2D eigenvalue weighted by Crippen LogP contribution is 2.37. The number of thioether (sulfide) groups is 1. The minimum absolute atomic E-state index is 0.0631. The van der Waals surface area contributed by atoms with E-state index in [1.165, 1.54) is 0 Å². The van der Waals surface area contributed by atoms with Crippen LogP contribution in [-0.4, -0.2) is 47.1 Å². The summed E-state index contributed by atoms with van der Waals surface area (Å²) in [6.07, 6.45) is 3.78. The molecular weight excluding hydrogens is 492 g/mol. The summed E-state index contributed by atoms with van der Waals surface area (Å²) in [5.41, 5.74) is 3.93. The van der Waals surface area contributed by atoms with E-state index in [1.54, 1.807) is 36.3 Å². The Hall–Kier alpha value is -2.68. The fourth-order valence-corrected chi connectivity index (χ4v) is 5.47. The fourth-order valence-electron chi connectivity index (χ4n) is 3.92. The smallest absolute Gasteiger partial charge is 0.326 e. The first-order valence-corrected chi connectivity index (χ1v) is 14.0. The van der Waals surface area contributed by atoms with Crippen molar-refractivity contribution in [2.45, 2.75) is 51.7 Å². The number of carboxylic acid groups (broad SMARTS) is 1. The number of aromatic nitrogens is 1. The first-order valence-electron chi connectivity index (χ1n) is 11.8. The number of nitrogens with one attached hydrogen (secondary N) is 1. The van der Waals surface area contributed by atoms with Gasteiger partial charge in [-0.1, -0.05) is 51.1 Å². The van der Waals surface area contributed by atoms with E-state index < -0.39 is 17.9 Å². The molecule has 8 heteroatoms. The molecule has 0 bridgehead atoms. The zero-order valence-corrected chi connectivity index (χ0v) is 23.3. The molecule has 3 aromatic rings. The molecule has 0 saturated heterocycles. The number of hydrogen-bond donors (Lipinski definition) is 2. The van der Waals surface area contributed by atoms with E-state index in [0.717, 1.165) is 32.1 Å². The van der Waals surface area contributed by atoms with Crippen molar-refractivity contribution in [1.82, 2.24) is 10.3 Å². The summed E-state index contributed by atoms with van der Waals surface area (Å²) in [4.78, 5) is 30.7. The van der Waals surface area contributed by atoms with E-state index in [1.807, 2.05) is 55.8 Å². The summed E-state index contributed by atoms with van der Waals surface area (Å²) in [6.45, 7) is 8.38. The number of carbonyl (C=O) groups excluding carboxylic acids is 1. The first-order chi connectivity index (χ1) is 17.1. The number of hydrogen-bond acceptors (Lipinski definition) is 6. The summed E-state index contributed by atoms with van der Waals surface area (Å²) in [5.74, 6) is -0.803. The molecule has 0 saturated carbocycles. The second-order valence-corrected chi connectivity index (χ2v) is 11.7. The molecule has 1 heterocycles. The van der Waals surface area contributed by atoms with Crippen LogP contribution < -0.4 is 5.32 Å². The lowest BCUT2D eigenvalue weighted by Crippen LogP contribution is -2.41. The topological polar surface area (TPSA) is 88.5 Å². The third-order valence-corrected chi connectivity index (χ3v) is 8.01. The first kappa shape index (κ1) is 27.9. The van der Waals surface area contributed by atoms with E-state index in [-0.39, 0.29) is 11.5 Å². The quantitative estimate of drug-likeness (QED) is 0.332. The third kappa shape index (κ3) is 6.55. The van der Waals surface area contributed by atoms with Crippen molar-refractivity contribution in [3.8, 4) is 11.1 Å². The number of thiazole rings is 1. The van der Waals surface area contributed by atoms with Gasteiger partial charge in [-0.25, -0.2) is 9.78 Å². The van der Waals surface area contributed by atoms with Gasteiger partial charge in [0.1, 0.15) is 12.1 Å². The number of aliphatic carboxylic acids is 1. The molecule has 0 radical (unpaired) electrons. The van der Waals surface area contributed by atoms with Crippen molar-refractivity contribution in [3.05, 3.63) is 75.2 Å². The van der Waals surface area contributed by atoms with Crippen LogP contribution in [0.2, 0.25) is 0 Å². The van der Waals surface area contributed by atoms with Gasteiger partial charge in [-0.15, -0.1) is 11.3 Å². The maximum Gasteiger partial charge on any atom is 0.326 e. The Morgan fingerprint density at radius 2 is 1.89 bits per heavy atom. The number of benzene rings is 2. The second-order valence-electron chi connectivity index (χ2n) is 9.70.